The van der Waals surface area contributed by atoms with E-state index in [1.165, 1.54) is 24.1 Å². The van der Waals surface area contributed by atoms with Gasteiger partial charge < -0.3 is 0 Å². The summed E-state index contributed by atoms with van der Waals surface area (Å²) in [5.74, 6) is 0.689. The van der Waals surface area contributed by atoms with Crippen LogP contribution in [0.2, 0.25) is 0 Å². The number of rotatable bonds is 10. The van der Waals surface area contributed by atoms with Gasteiger partial charge in [-0.1, -0.05) is 51.2 Å². The van der Waals surface area contributed by atoms with Crippen LogP contribution >= 0.6 is 0 Å². The number of benzene rings is 1. The van der Waals surface area contributed by atoms with Gasteiger partial charge in [0.05, 0.1) is 15.9 Å². The van der Waals surface area contributed by atoms with Crippen molar-refractivity contribution in [1.29, 1.82) is 0 Å². The molecule has 8 heteroatoms. The fraction of sp³-hybridized carbons (Fsp3) is 0.591. The van der Waals surface area contributed by atoms with Crippen molar-refractivity contribution >= 4 is 22.8 Å². The van der Waals surface area contributed by atoms with E-state index in [0.29, 0.717) is 5.92 Å². The van der Waals surface area contributed by atoms with Crippen LogP contribution in [0, 0.1) is 32.1 Å². The molecule has 0 saturated carbocycles. The highest BCUT2D eigenvalue weighted by Gasteiger charge is 2.31. The maximum atomic E-state index is 11.4. The normalized spacial score (nSPS) is 20.5. The van der Waals surface area contributed by atoms with Gasteiger partial charge in [-0.05, 0) is 38.2 Å². The van der Waals surface area contributed by atoms with Crippen LogP contribution in [0.1, 0.15) is 72.6 Å². The van der Waals surface area contributed by atoms with Crippen LogP contribution in [0.3, 0.4) is 0 Å². The van der Waals surface area contributed by atoms with Gasteiger partial charge in [-0.25, -0.2) is 0 Å². The van der Waals surface area contributed by atoms with Crippen molar-refractivity contribution in [3.8, 4) is 0 Å². The molecule has 0 fully saturated rings. The Hall–Kier alpha value is -2.77. The first-order chi connectivity index (χ1) is 14.3. The zero-order valence-corrected chi connectivity index (χ0v) is 18.3. The molecular formula is C22H32N4O4. The molecule has 1 aromatic rings. The first-order valence-electron chi connectivity index (χ1n) is 10.7. The fourth-order valence-electron chi connectivity index (χ4n) is 4.16. The van der Waals surface area contributed by atoms with Crippen molar-refractivity contribution in [3.63, 3.8) is 0 Å². The second-order valence-electron chi connectivity index (χ2n) is 8.05. The molecule has 1 aliphatic rings. The van der Waals surface area contributed by atoms with E-state index in [2.05, 4.69) is 38.2 Å². The van der Waals surface area contributed by atoms with E-state index in [1.54, 1.807) is 5.57 Å². The number of nitro groups is 2. The summed E-state index contributed by atoms with van der Waals surface area (Å²) in [6, 6.07) is 3.56. The van der Waals surface area contributed by atoms with Gasteiger partial charge in [-0.3, -0.25) is 25.7 Å². The quantitative estimate of drug-likeness (QED) is 0.261. The van der Waals surface area contributed by atoms with Crippen molar-refractivity contribution < 1.29 is 9.85 Å². The molecule has 2 unspecified atom stereocenters. The summed E-state index contributed by atoms with van der Waals surface area (Å²) in [5, 5.41) is 26.8. The topological polar surface area (TPSA) is 111 Å². The van der Waals surface area contributed by atoms with Crippen LogP contribution in [0.5, 0.6) is 0 Å². The molecule has 0 spiro atoms. The van der Waals surface area contributed by atoms with E-state index in [9.17, 15) is 20.2 Å². The van der Waals surface area contributed by atoms with Gasteiger partial charge >= 0.3 is 5.69 Å². The predicted octanol–water partition coefficient (Wildman–Crippen LogP) is 6.62. The lowest BCUT2D eigenvalue weighted by atomic mass is 9.71. The molecule has 8 nitrogen and oxygen atoms in total. The summed E-state index contributed by atoms with van der Waals surface area (Å²) in [6.45, 7) is 8.75. The highest BCUT2D eigenvalue weighted by atomic mass is 16.6. The molecule has 0 aliphatic heterocycles. The lowest BCUT2D eigenvalue weighted by molar-refractivity contribution is -0.393. The number of allylic oxidation sites excluding steroid dienone is 2. The zero-order valence-electron chi connectivity index (χ0n) is 18.3. The molecule has 0 radical (unpaired) electrons. The Balaban J connectivity index is 2.32. The Labute approximate surface area is 177 Å². The number of anilines is 1. The average molecular weight is 417 g/mol. The van der Waals surface area contributed by atoms with Crippen LogP contribution in [0.4, 0.5) is 17.1 Å². The molecular weight excluding hydrogens is 384 g/mol. The summed E-state index contributed by atoms with van der Waals surface area (Å²) >= 11 is 0. The number of nitrogens with zero attached hydrogens (tertiary/aromatic N) is 3. The number of nitro benzene ring substituents is 2. The summed E-state index contributed by atoms with van der Waals surface area (Å²) in [5.41, 5.74) is 6.19. The highest BCUT2D eigenvalue weighted by molar-refractivity contribution is 5.91. The number of hydrogen-bond acceptors (Lipinski definition) is 6. The van der Waals surface area contributed by atoms with Crippen LogP contribution in [0.25, 0.3) is 0 Å². The molecule has 0 bridgehead atoms. The fourth-order valence-corrected chi connectivity index (χ4v) is 4.16. The van der Waals surface area contributed by atoms with Crippen molar-refractivity contribution in [2.24, 2.45) is 16.9 Å². The molecule has 0 amide bonds. The molecule has 1 aliphatic carbocycles. The number of nitrogens with one attached hydrogen (secondary N) is 1. The van der Waals surface area contributed by atoms with Crippen molar-refractivity contribution in [3.05, 3.63) is 49.6 Å². The maximum Gasteiger partial charge on any atom is 0.301 e. The minimum absolute atomic E-state index is 0.161. The van der Waals surface area contributed by atoms with Crippen LogP contribution < -0.4 is 5.43 Å². The van der Waals surface area contributed by atoms with Gasteiger partial charge in [0.15, 0.2) is 0 Å². The molecule has 0 saturated heterocycles. The van der Waals surface area contributed by atoms with Gasteiger partial charge in [-0.2, -0.15) is 5.10 Å². The molecule has 164 valence electrons. The predicted molar refractivity (Wildman–Crippen MR) is 120 cm³/mol. The van der Waals surface area contributed by atoms with E-state index in [1.807, 2.05) is 0 Å². The second kappa shape index (κ2) is 10.8. The van der Waals surface area contributed by atoms with Crippen molar-refractivity contribution in [2.75, 3.05) is 5.43 Å². The SMILES string of the molecule is CCCCC1=C(C)CC(=NNc2ccc([N+](=O)[O-])cc2[N+](=O)[O-])C(C)C1CCCC. The summed E-state index contributed by atoms with van der Waals surface area (Å²) in [6.07, 6.45) is 7.63. The Morgan fingerprint density at radius 2 is 1.83 bits per heavy atom. The molecule has 30 heavy (non-hydrogen) atoms. The maximum absolute atomic E-state index is 11.4. The minimum atomic E-state index is -0.643. The van der Waals surface area contributed by atoms with E-state index in [-0.39, 0.29) is 23.0 Å². The van der Waals surface area contributed by atoms with Crippen LogP contribution in [-0.2, 0) is 0 Å². The first-order valence-corrected chi connectivity index (χ1v) is 10.7. The molecule has 2 atom stereocenters. The van der Waals surface area contributed by atoms with E-state index < -0.39 is 9.85 Å². The van der Waals surface area contributed by atoms with Gasteiger partial charge in [0.1, 0.15) is 5.69 Å². The molecule has 0 heterocycles. The smallest absolute Gasteiger partial charge is 0.272 e. The van der Waals surface area contributed by atoms with Gasteiger partial charge in [0.25, 0.3) is 5.69 Å². The van der Waals surface area contributed by atoms with Gasteiger partial charge in [0, 0.05) is 24.1 Å². The van der Waals surface area contributed by atoms with Crippen LogP contribution in [0.15, 0.2) is 34.4 Å². The van der Waals surface area contributed by atoms with E-state index in [0.717, 1.165) is 50.3 Å². The van der Waals surface area contributed by atoms with Gasteiger partial charge in [0.2, 0.25) is 0 Å². The third-order valence-electron chi connectivity index (χ3n) is 5.95. The third-order valence-corrected chi connectivity index (χ3v) is 5.95. The van der Waals surface area contributed by atoms with Gasteiger partial charge in [-0.15, -0.1) is 0 Å². The molecule has 1 N–H and O–H groups in total. The van der Waals surface area contributed by atoms with Crippen LogP contribution in [-0.4, -0.2) is 15.6 Å². The third kappa shape index (κ3) is 5.64. The molecule has 2 rings (SSSR count). The first kappa shape index (κ1) is 23.5. The summed E-state index contributed by atoms with van der Waals surface area (Å²) in [4.78, 5) is 21.0. The van der Waals surface area contributed by atoms with Crippen molar-refractivity contribution in [1.82, 2.24) is 0 Å². The lowest BCUT2D eigenvalue weighted by Crippen LogP contribution is -2.29. The monoisotopic (exact) mass is 416 g/mol. The molecule has 1 aromatic carbocycles. The minimum Gasteiger partial charge on any atom is -0.272 e. The number of hydrogen-bond donors (Lipinski definition) is 1. The highest BCUT2D eigenvalue weighted by Crippen LogP contribution is 2.39. The van der Waals surface area contributed by atoms with Crippen molar-refractivity contribution in [2.45, 2.75) is 72.6 Å². The lowest BCUT2D eigenvalue weighted by Gasteiger charge is -2.34. The summed E-state index contributed by atoms with van der Waals surface area (Å²) < 4.78 is 0. The zero-order chi connectivity index (χ0) is 22.3. The Bertz CT molecular complexity index is 848. The number of unbranched alkanes of at least 4 members (excludes halogenated alkanes) is 2. The number of non-ortho nitro benzene ring substituents is 1. The standard InChI is InChI=1S/C22H32N4O4/c1-5-7-9-18-15(3)13-21(16(4)19(18)10-8-6-2)24-23-20-12-11-17(25(27)28)14-22(20)26(29)30/h11-12,14,16,19,23H,5-10,13H2,1-4H3. The average Bonchev–Trinajstić information content (AvgIpc) is 2.71. The van der Waals surface area contributed by atoms with E-state index >= 15 is 0 Å². The largest absolute Gasteiger partial charge is 0.301 e. The second-order valence-corrected chi connectivity index (χ2v) is 8.05. The molecule has 0 aromatic heterocycles. The summed E-state index contributed by atoms with van der Waals surface area (Å²) in [7, 11) is 0. The Morgan fingerprint density at radius 1 is 1.13 bits per heavy atom. The number of hydrazone groups is 1. The Morgan fingerprint density at radius 3 is 2.43 bits per heavy atom. The Kier molecular flexibility index (Phi) is 8.50. The van der Waals surface area contributed by atoms with E-state index in [4.69, 9.17) is 0 Å².